The van der Waals surface area contributed by atoms with E-state index in [2.05, 4.69) is 68.8 Å². The molecule has 182 valence electrons. The molecule has 0 unspecified atom stereocenters. The summed E-state index contributed by atoms with van der Waals surface area (Å²) in [5.41, 5.74) is 4.74. The van der Waals surface area contributed by atoms with Crippen molar-refractivity contribution in [1.82, 2.24) is 25.2 Å². The Hall–Kier alpha value is -3.34. The van der Waals surface area contributed by atoms with Gasteiger partial charge in [0.15, 0.2) is 0 Å². The fourth-order valence-corrected chi connectivity index (χ4v) is 5.06. The molecule has 8 nitrogen and oxygen atoms in total. The Morgan fingerprint density at radius 3 is 2.54 bits per heavy atom. The Morgan fingerprint density at radius 1 is 1.09 bits per heavy atom. The van der Waals surface area contributed by atoms with Crippen molar-refractivity contribution in [2.24, 2.45) is 0 Å². The second kappa shape index (κ2) is 10.9. The monoisotopic (exact) mass is 507 g/mol. The van der Waals surface area contributed by atoms with Crippen molar-refractivity contribution >= 4 is 40.7 Å². The van der Waals surface area contributed by atoms with Crippen molar-refractivity contribution in [2.75, 3.05) is 17.7 Å². The van der Waals surface area contributed by atoms with Crippen molar-refractivity contribution < 1.29 is 4.79 Å². The summed E-state index contributed by atoms with van der Waals surface area (Å²) >= 11 is 3.19. The number of amides is 2. The molecule has 5 N–H and O–H groups in total. The van der Waals surface area contributed by atoms with E-state index >= 15 is 0 Å². The van der Waals surface area contributed by atoms with Gasteiger partial charge in [0, 0.05) is 64.5 Å². The predicted octanol–water partition coefficient (Wildman–Crippen LogP) is 5.96. The molecular weight excluding hydrogens is 478 g/mol. The number of hydrogen-bond acceptors (Lipinski definition) is 7. The lowest BCUT2D eigenvalue weighted by atomic mass is 10.1. The van der Waals surface area contributed by atoms with Crippen LogP contribution in [0.15, 0.2) is 66.0 Å². The zero-order valence-electron chi connectivity index (χ0n) is 20.1. The van der Waals surface area contributed by atoms with Gasteiger partial charge < -0.3 is 16.0 Å². The van der Waals surface area contributed by atoms with E-state index in [0.29, 0.717) is 12.2 Å². The minimum absolute atomic E-state index is 0.0821. The highest BCUT2D eigenvalue weighted by Crippen LogP contribution is 2.38. The molecule has 0 bridgehead atoms. The highest BCUT2D eigenvalue weighted by Gasteiger charge is 2.16. The fraction of sp³-hybridized carbons (Fsp3) is 0.240. The quantitative estimate of drug-likeness (QED) is 0.188. The molecule has 0 aliphatic heterocycles. The Morgan fingerprint density at radius 2 is 1.86 bits per heavy atom. The van der Waals surface area contributed by atoms with Gasteiger partial charge in [0.2, 0.25) is 0 Å². The van der Waals surface area contributed by atoms with Crippen molar-refractivity contribution in [3.05, 3.63) is 66.6 Å². The van der Waals surface area contributed by atoms with E-state index in [0.717, 1.165) is 37.2 Å². The molecule has 2 amide bonds. The number of anilines is 2. The van der Waals surface area contributed by atoms with Crippen LogP contribution < -0.4 is 20.7 Å². The number of nitrogens with one attached hydrogen (secondary N) is 5. The number of urea groups is 1. The van der Waals surface area contributed by atoms with E-state index in [4.69, 9.17) is 0 Å². The van der Waals surface area contributed by atoms with Crippen LogP contribution in [0.2, 0.25) is 0 Å². The first-order chi connectivity index (χ1) is 16.8. The zero-order chi connectivity index (χ0) is 24.8. The Kier molecular flexibility index (Phi) is 7.74. The van der Waals surface area contributed by atoms with Gasteiger partial charge in [0.05, 0.1) is 11.1 Å². The van der Waals surface area contributed by atoms with E-state index in [-0.39, 0.29) is 11.6 Å². The van der Waals surface area contributed by atoms with Crippen molar-refractivity contribution in [3.63, 3.8) is 0 Å². The third kappa shape index (κ3) is 6.84. The fourth-order valence-electron chi connectivity index (χ4n) is 3.14. The maximum atomic E-state index is 12.4. The molecule has 0 fully saturated rings. The number of carbonyl (C=O) groups is 1. The second-order valence-electron chi connectivity index (χ2n) is 8.94. The highest BCUT2D eigenvalue weighted by atomic mass is 32.2. The first kappa shape index (κ1) is 24.8. The summed E-state index contributed by atoms with van der Waals surface area (Å²) in [5.74, 6) is 0. The molecule has 4 aromatic rings. The number of aromatic amines is 1. The van der Waals surface area contributed by atoms with Gasteiger partial charge in [-0.3, -0.25) is 9.82 Å². The number of nitrogens with zero attached hydrogens (tertiary/aromatic N) is 2. The van der Waals surface area contributed by atoms with E-state index in [1.807, 2.05) is 43.6 Å². The van der Waals surface area contributed by atoms with Gasteiger partial charge in [0.25, 0.3) is 0 Å². The van der Waals surface area contributed by atoms with Gasteiger partial charge in [-0.05, 0) is 69.1 Å². The summed E-state index contributed by atoms with van der Waals surface area (Å²) in [6, 6.07) is 13.9. The summed E-state index contributed by atoms with van der Waals surface area (Å²) < 4.78 is 3.48. The highest BCUT2D eigenvalue weighted by molar-refractivity contribution is 7.97. The zero-order valence-corrected chi connectivity index (χ0v) is 21.7. The number of hydrogen-bond donors (Lipinski definition) is 5. The maximum absolute atomic E-state index is 12.4. The normalized spacial score (nSPS) is 11.3. The lowest BCUT2D eigenvalue weighted by Gasteiger charge is -2.21. The summed E-state index contributed by atoms with van der Waals surface area (Å²) in [6.07, 6.45) is 5.34. The standard InChI is InChI=1S/C25H29N7OS2/c1-25(2,3)32-35-21-11-19(31-24(33)28-12-16-13-29-30-14-16)9-10-20(21)22-15-27-23(34-22)17-5-7-18(26-4)8-6-17/h5-11,13-15,26,32H,12H2,1-4H3,(H,29,30)(H2,28,31,33). The smallest absolute Gasteiger partial charge is 0.319 e. The van der Waals surface area contributed by atoms with E-state index < -0.39 is 0 Å². The van der Waals surface area contributed by atoms with Crippen molar-refractivity contribution in [3.8, 4) is 21.0 Å². The number of aromatic nitrogens is 3. The summed E-state index contributed by atoms with van der Waals surface area (Å²) in [5, 5.41) is 16.5. The molecule has 0 aliphatic carbocycles. The Balaban J connectivity index is 1.54. The number of rotatable bonds is 8. The molecule has 0 saturated heterocycles. The van der Waals surface area contributed by atoms with E-state index in [1.165, 1.54) is 0 Å². The third-order valence-corrected chi connectivity index (χ3v) is 7.26. The largest absolute Gasteiger partial charge is 0.388 e. The minimum atomic E-state index is -0.274. The lowest BCUT2D eigenvalue weighted by molar-refractivity contribution is 0.251. The third-order valence-electron chi connectivity index (χ3n) is 4.91. The summed E-state index contributed by atoms with van der Waals surface area (Å²) in [4.78, 5) is 19.1. The summed E-state index contributed by atoms with van der Waals surface area (Å²) in [7, 11) is 1.91. The minimum Gasteiger partial charge on any atom is -0.388 e. The molecule has 0 atom stereocenters. The first-order valence-corrected chi connectivity index (χ1v) is 12.8. The molecule has 2 aromatic heterocycles. The molecule has 0 spiro atoms. The van der Waals surface area contributed by atoms with Crippen LogP contribution in [-0.2, 0) is 6.54 Å². The summed E-state index contributed by atoms with van der Waals surface area (Å²) in [6.45, 7) is 6.74. The molecule has 2 aromatic carbocycles. The van der Waals surface area contributed by atoms with Crippen LogP contribution in [0, 0.1) is 0 Å². The number of H-pyrrole nitrogens is 1. The molecule has 2 heterocycles. The van der Waals surface area contributed by atoms with Crippen LogP contribution in [0.5, 0.6) is 0 Å². The van der Waals surface area contributed by atoms with Gasteiger partial charge in [-0.15, -0.1) is 11.3 Å². The molecule has 35 heavy (non-hydrogen) atoms. The molecule has 0 saturated carbocycles. The van der Waals surface area contributed by atoms with E-state index in [9.17, 15) is 4.79 Å². The second-order valence-corrected chi connectivity index (χ2v) is 10.8. The molecule has 4 rings (SSSR count). The van der Waals surface area contributed by atoms with Crippen LogP contribution in [0.1, 0.15) is 26.3 Å². The van der Waals surface area contributed by atoms with Gasteiger partial charge in [0.1, 0.15) is 5.01 Å². The topological polar surface area (TPSA) is 107 Å². The average Bonchev–Trinajstić information content (AvgIpc) is 3.54. The molecular formula is C25H29N7OS2. The number of benzene rings is 2. The van der Waals surface area contributed by atoms with Crippen LogP contribution in [0.3, 0.4) is 0 Å². The predicted molar refractivity (Wildman–Crippen MR) is 146 cm³/mol. The molecule has 10 heteroatoms. The van der Waals surface area contributed by atoms with Crippen LogP contribution in [0.4, 0.5) is 16.2 Å². The van der Waals surface area contributed by atoms with Crippen molar-refractivity contribution in [1.29, 1.82) is 0 Å². The van der Waals surface area contributed by atoms with Gasteiger partial charge >= 0.3 is 6.03 Å². The molecule has 0 aliphatic rings. The van der Waals surface area contributed by atoms with E-state index in [1.54, 1.807) is 35.7 Å². The van der Waals surface area contributed by atoms with Crippen LogP contribution in [-0.4, -0.2) is 33.8 Å². The Bertz CT molecular complexity index is 1260. The molecule has 0 radical (unpaired) electrons. The van der Waals surface area contributed by atoms with Gasteiger partial charge in [-0.2, -0.15) is 5.10 Å². The Labute approximate surface area is 213 Å². The average molecular weight is 508 g/mol. The maximum Gasteiger partial charge on any atom is 0.319 e. The van der Waals surface area contributed by atoms with Gasteiger partial charge in [-0.1, -0.05) is 6.07 Å². The van der Waals surface area contributed by atoms with Crippen LogP contribution in [0.25, 0.3) is 21.0 Å². The van der Waals surface area contributed by atoms with Gasteiger partial charge in [-0.25, -0.2) is 9.78 Å². The van der Waals surface area contributed by atoms with Crippen LogP contribution >= 0.6 is 23.3 Å². The lowest BCUT2D eigenvalue weighted by Crippen LogP contribution is -2.30. The first-order valence-electron chi connectivity index (χ1n) is 11.2. The SMILES string of the molecule is CNc1ccc(-c2ncc(-c3ccc(NC(=O)NCc4cn[nH]c4)cc3SNC(C)(C)C)s2)cc1. The number of thiazole rings is 1. The number of carbonyl (C=O) groups excluding carboxylic acids is 1. The van der Waals surface area contributed by atoms with Crippen molar-refractivity contribution in [2.45, 2.75) is 37.8 Å².